The Kier molecular flexibility index (Phi) is 4.63. The fourth-order valence-corrected chi connectivity index (χ4v) is 5.42. The predicted molar refractivity (Wildman–Crippen MR) is 143 cm³/mol. The fourth-order valence-electron chi connectivity index (χ4n) is 5.42. The van der Waals surface area contributed by atoms with Crippen LogP contribution in [0, 0.1) is 13.8 Å². The first-order chi connectivity index (χ1) is 16.5. The van der Waals surface area contributed by atoms with Gasteiger partial charge in [0.25, 0.3) is 0 Å². The zero-order chi connectivity index (χ0) is 23.4. The normalized spacial score (nSPS) is 11.5. The molecule has 0 saturated carbocycles. The summed E-state index contributed by atoms with van der Waals surface area (Å²) in [5, 5.41) is 4.56. The molecule has 0 aliphatic carbocycles. The van der Waals surface area contributed by atoms with Crippen molar-refractivity contribution in [1.29, 1.82) is 0 Å². The molecule has 2 nitrogen and oxygen atoms in total. The van der Waals surface area contributed by atoms with E-state index < -0.39 is 0 Å². The Morgan fingerprint density at radius 2 is 1.41 bits per heavy atom. The molecule has 0 bridgehead atoms. The van der Waals surface area contributed by atoms with Crippen molar-refractivity contribution in [3.8, 4) is 11.1 Å². The van der Waals surface area contributed by atoms with Gasteiger partial charge in [0.2, 0.25) is 0 Å². The predicted octanol–water partition coefficient (Wildman–Crippen LogP) is 8.00. The maximum absolute atomic E-state index is 13.9. The third-order valence-corrected chi connectivity index (χ3v) is 6.92. The molecular formula is C32H25NO. The van der Waals surface area contributed by atoms with Crippen LogP contribution in [0.2, 0.25) is 0 Å². The van der Waals surface area contributed by atoms with Crippen molar-refractivity contribution in [2.75, 3.05) is 0 Å². The maximum Gasteiger partial charge on any atom is 0.194 e. The quantitative estimate of drug-likeness (QED) is 0.256. The first-order valence-corrected chi connectivity index (χ1v) is 11.6. The number of hydrogen-bond acceptors (Lipinski definition) is 1. The molecule has 0 saturated heterocycles. The van der Waals surface area contributed by atoms with E-state index in [0.29, 0.717) is 5.56 Å². The van der Waals surface area contributed by atoms with Crippen LogP contribution in [-0.4, -0.2) is 10.4 Å². The molecule has 0 unspecified atom stereocenters. The highest BCUT2D eigenvalue weighted by Crippen LogP contribution is 2.38. The first kappa shape index (κ1) is 20.4. The van der Waals surface area contributed by atoms with Gasteiger partial charge in [-0.25, -0.2) is 0 Å². The molecule has 164 valence electrons. The summed E-state index contributed by atoms with van der Waals surface area (Å²) >= 11 is 0. The molecule has 34 heavy (non-hydrogen) atoms. The second-order valence-electron chi connectivity index (χ2n) is 9.18. The molecule has 0 aliphatic rings. The first-order valence-electron chi connectivity index (χ1n) is 11.6. The molecule has 1 aromatic heterocycles. The van der Waals surface area contributed by atoms with E-state index >= 15 is 0 Å². The van der Waals surface area contributed by atoms with Crippen LogP contribution in [-0.2, 0) is 7.05 Å². The Bertz CT molecular complexity index is 1720. The Morgan fingerprint density at radius 1 is 0.706 bits per heavy atom. The summed E-state index contributed by atoms with van der Waals surface area (Å²) in [6, 6.07) is 33.0. The molecule has 0 fully saturated rings. The summed E-state index contributed by atoms with van der Waals surface area (Å²) in [5.74, 6) is 0.0511. The molecule has 2 heteroatoms. The van der Waals surface area contributed by atoms with E-state index in [9.17, 15) is 4.79 Å². The summed E-state index contributed by atoms with van der Waals surface area (Å²) in [4.78, 5) is 13.9. The topological polar surface area (TPSA) is 22.0 Å². The zero-order valence-corrected chi connectivity index (χ0v) is 19.6. The van der Waals surface area contributed by atoms with Crippen molar-refractivity contribution in [2.24, 2.45) is 7.05 Å². The largest absolute Gasteiger partial charge is 0.343 e. The lowest BCUT2D eigenvalue weighted by molar-refractivity contribution is 0.104. The van der Waals surface area contributed by atoms with Gasteiger partial charge in [0.1, 0.15) is 0 Å². The Morgan fingerprint density at radius 3 is 2.15 bits per heavy atom. The third kappa shape index (κ3) is 3.07. The molecular weight excluding hydrogens is 414 g/mol. The highest BCUT2D eigenvalue weighted by Gasteiger charge is 2.20. The van der Waals surface area contributed by atoms with Gasteiger partial charge >= 0.3 is 0 Å². The van der Waals surface area contributed by atoms with Crippen LogP contribution < -0.4 is 0 Å². The van der Waals surface area contributed by atoms with E-state index in [4.69, 9.17) is 0 Å². The smallest absolute Gasteiger partial charge is 0.194 e. The molecule has 6 rings (SSSR count). The van der Waals surface area contributed by atoms with Gasteiger partial charge < -0.3 is 4.57 Å². The Hall–Kier alpha value is -4.17. The average molecular weight is 440 g/mol. The van der Waals surface area contributed by atoms with Gasteiger partial charge in [-0.3, -0.25) is 4.79 Å². The minimum absolute atomic E-state index is 0.0511. The molecule has 0 N–H and O–H groups in total. The Balaban J connectivity index is 1.74. The zero-order valence-electron chi connectivity index (χ0n) is 19.6. The molecule has 0 aliphatic heterocycles. The van der Waals surface area contributed by atoms with E-state index in [0.717, 1.165) is 33.0 Å². The standard InChI is InChI=1S/C32H25NO/c1-20-16-21(2)31-28(17-20)27-18-24-14-15-25(22-10-6-4-7-11-22)30(26(24)19-29(27)33(31)3)32(34)23-12-8-5-9-13-23/h4-19H,1-3H3. The van der Waals surface area contributed by atoms with Gasteiger partial charge in [0.15, 0.2) is 5.78 Å². The molecule has 0 spiro atoms. The van der Waals surface area contributed by atoms with E-state index in [1.807, 2.05) is 48.5 Å². The van der Waals surface area contributed by atoms with Crippen LogP contribution in [0.25, 0.3) is 43.7 Å². The van der Waals surface area contributed by atoms with Crippen LogP contribution in [0.5, 0.6) is 0 Å². The van der Waals surface area contributed by atoms with Crippen molar-refractivity contribution in [3.63, 3.8) is 0 Å². The second kappa shape index (κ2) is 7.71. The van der Waals surface area contributed by atoms with Crippen molar-refractivity contribution < 1.29 is 4.79 Å². The molecule has 1 heterocycles. The van der Waals surface area contributed by atoms with Crippen molar-refractivity contribution in [2.45, 2.75) is 13.8 Å². The van der Waals surface area contributed by atoms with Crippen molar-refractivity contribution in [3.05, 3.63) is 119 Å². The number of aromatic nitrogens is 1. The number of carbonyl (C=O) groups is 1. The van der Waals surface area contributed by atoms with Gasteiger partial charge in [-0.15, -0.1) is 0 Å². The van der Waals surface area contributed by atoms with Crippen LogP contribution in [0.15, 0.2) is 97.1 Å². The number of aryl methyl sites for hydroxylation is 3. The second-order valence-corrected chi connectivity index (χ2v) is 9.18. The van der Waals surface area contributed by atoms with E-state index in [1.54, 1.807) is 0 Å². The number of benzene rings is 5. The molecule has 0 radical (unpaired) electrons. The molecule has 0 atom stereocenters. The van der Waals surface area contributed by atoms with Crippen LogP contribution in [0.1, 0.15) is 27.0 Å². The summed E-state index contributed by atoms with van der Waals surface area (Å²) < 4.78 is 2.27. The van der Waals surface area contributed by atoms with Crippen LogP contribution >= 0.6 is 0 Å². The summed E-state index contributed by atoms with van der Waals surface area (Å²) in [6.45, 7) is 4.32. The number of ketones is 1. The van der Waals surface area contributed by atoms with Gasteiger partial charge in [0.05, 0.1) is 5.52 Å². The van der Waals surface area contributed by atoms with E-state index in [1.165, 1.54) is 27.4 Å². The number of nitrogens with zero attached hydrogens (tertiary/aromatic N) is 1. The van der Waals surface area contributed by atoms with Gasteiger partial charge in [0, 0.05) is 34.5 Å². The van der Waals surface area contributed by atoms with E-state index in [2.05, 4.69) is 74.0 Å². The Labute approximate surface area is 199 Å². The lowest BCUT2D eigenvalue weighted by atomic mass is 9.89. The van der Waals surface area contributed by atoms with Crippen molar-refractivity contribution in [1.82, 2.24) is 4.57 Å². The molecule has 5 aromatic carbocycles. The number of fused-ring (bicyclic) bond motifs is 4. The number of carbonyl (C=O) groups excluding carboxylic acids is 1. The molecule has 6 aromatic rings. The monoisotopic (exact) mass is 439 g/mol. The number of hydrogen-bond donors (Lipinski definition) is 0. The van der Waals surface area contributed by atoms with E-state index in [-0.39, 0.29) is 5.78 Å². The minimum Gasteiger partial charge on any atom is -0.343 e. The lowest BCUT2D eigenvalue weighted by Gasteiger charge is -2.14. The highest BCUT2D eigenvalue weighted by atomic mass is 16.1. The van der Waals surface area contributed by atoms with Crippen LogP contribution in [0.4, 0.5) is 0 Å². The SMILES string of the molecule is Cc1cc(C)c2c(c1)c1cc3ccc(-c4ccccc4)c(C(=O)c4ccccc4)c3cc1n2C. The van der Waals surface area contributed by atoms with Gasteiger partial charge in [-0.2, -0.15) is 0 Å². The summed E-state index contributed by atoms with van der Waals surface area (Å²) in [7, 11) is 2.12. The highest BCUT2D eigenvalue weighted by molar-refractivity contribution is 6.23. The summed E-state index contributed by atoms with van der Waals surface area (Å²) in [5.41, 5.74) is 8.39. The van der Waals surface area contributed by atoms with Crippen molar-refractivity contribution >= 4 is 38.4 Å². The van der Waals surface area contributed by atoms with Crippen LogP contribution in [0.3, 0.4) is 0 Å². The third-order valence-electron chi connectivity index (χ3n) is 6.92. The number of rotatable bonds is 3. The molecule has 0 amide bonds. The summed E-state index contributed by atoms with van der Waals surface area (Å²) in [6.07, 6.45) is 0. The minimum atomic E-state index is 0.0511. The van der Waals surface area contributed by atoms with Gasteiger partial charge in [-0.1, -0.05) is 84.4 Å². The lowest BCUT2D eigenvalue weighted by Crippen LogP contribution is -2.05. The average Bonchev–Trinajstić information content (AvgIpc) is 3.13. The maximum atomic E-state index is 13.9. The fraction of sp³-hybridized carbons (Fsp3) is 0.0938. The van der Waals surface area contributed by atoms with Gasteiger partial charge in [-0.05, 0) is 59.5 Å².